The lowest BCUT2D eigenvalue weighted by Crippen LogP contribution is -2.15. The number of allylic oxidation sites excluding steroid dienone is 2. The molecule has 0 unspecified atom stereocenters. The van der Waals surface area contributed by atoms with Gasteiger partial charge in [0, 0.05) is 44.1 Å². The topological polar surface area (TPSA) is 29.5 Å². The monoisotopic (exact) mass is 247 g/mol. The molecule has 74 valence electrons. The first-order valence-corrected chi connectivity index (χ1v) is 4.58. The number of carbonyl (C=O) groups is 1. The lowest BCUT2D eigenvalue weighted by atomic mass is 10.2. The molecule has 0 aromatic rings. The fraction of sp³-hybridized carbons (Fsp3) is 0.444. The van der Waals surface area contributed by atoms with Gasteiger partial charge in [-0.05, 0) is 15.9 Å². The molecule has 0 saturated heterocycles. The highest BCUT2D eigenvalue weighted by atomic mass is 79.9. The van der Waals surface area contributed by atoms with Crippen LogP contribution in [0, 0.1) is 0 Å². The van der Waals surface area contributed by atoms with E-state index in [0.29, 0.717) is 0 Å². The summed E-state index contributed by atoms with van der Waals surface area (Å²) in [7, 11) is 5.21. The first-order chi connectivity index (χ1) is 6.15. The van der Waals surface area contributed by atoms with Crippen molar-refractivity contribution in [2.24, 2.45) is 0 Å². The maximum absolute atomic E-state index is 10.3. The normalized spacial score (nSPS) is 15.2. The predicted molar refractivity (Wildman–Crippen MR) is 56.7 cm³/mol. The smallest absolute Gasteiger partial charge is 0.150 e. The third-order valence-corrected chi connectivity index (χ3v) is 2.00. The van der Waals surface area contributed by atoms with Crippen LogP contribution in [0.2, 0.25) is 0 Å². The first-order valence-electron chi connectivity index (χ1n) is 3.79. The third-order valence-electron chi connectivity index (χ3n) is 1.34. The highest BCUT2D eigenvalue weighted by Crippen LogP contribution is 2.18. The van der Waals surface area contributed by atoms with E-state index < -0.39 is 0 Å². The molecule has 1 aliphatic heterocycles. The van der Waals surface area contributed by atoms with Crippen molar-refractivity contribution in [1.82, 2.24) is 4.90 Å². The lowest BCUT2D eigenvalue weighted by Gasteiger charge is -2.17. The van der Waals surface area contributed by atoms with E-state index in [2.05, 4.69) is 20.7 Å². The summed E-state index contributed by atoms with van der Waals surface area (Å²) in [6.45, 7) is 0.809. The summed E-state index contributed by atoms with van der Waals surface area (Å²) in [5.74, 6) is 0. The largest absolute Gasteiger partial charge is 0.388 e. The van der Waals surface area contributed by atoms with Gasteiger partial charge in [0.2, 0.25) is 0 Å². The summed E-state index contributed by atoms with van der Waals surface area (Å²) >= 11 is 3.28. The molecule has 0 fully saturated rings. The van der Waals surface area contributed by atoms with E-state index in [0.717, 1.165) is 22.9 Å². The van der Waals surface area contributed by atoms with Gasteiger partial charge in [-0.15, -0.1) is 0 Å². The van der Waals surface area contributed by atoms with Gasteiger partial charge >= 0.3 is 0 Å². The number of carbonyl (C=O) groups excluding carboxylic acids is 1. The fourth-order valence-electron chi connectivity index (χ4n) is 0.765. The van der Waals surface area contributed by atoms with Crippen LogP contribution in [0.1, 0.15) is 0 Å². The van der Waals surface area contributed by atoms with Crippen LogP contribution in [0.15, 0.2) is 22.3 Å². The van der Waals surface area contributed by atoms with Crippen LogP contribution in [0.4, 0.5) is 0 Å². The molecule has 0 atom stereocenters. The molecule has 1 aliphatic rings. The fourth-order valence-corrected chi connectivity index (χ4v) is 1.37. The number of nitrogens with zero attached hydrogens (tertiary/aromatic N) is 1. The van der Waals surface area contributed by atoms with Crippen LogP contribution in [0.5, 0.6) is 0 Å². The highest BCUT2D eigenvalue weighted by molar-refractivity contribution is 9.12. The minimum Gasteiger partial charge on any atom is -0.388 e. The molecule has 0 N–H and O–H groups in total. The Labute approximate surface area is 87.2 Å². The number of ether oxygens (including phenoxy) is 1. The van der Waals surface area contributed by atoms with Crippen molar-refractivity contribution < 1.29 is 9.53 Å². The van der Waals surface area contributed by atoms with Crippen molar-refractivity contribution in [3.63, 3.8) is 0 Å². The molecule has 4 heteroatoms. The molecule has 0 spiro atoms. The van der Waals surface area contributed by atoms with E-state index in [1.54, 1.807) is 14.2 Å². The SMILES string of the molecule is CN1C=C(Br)C(C=O)=CC1.COC. The Hall–Kier alpha value is -0.610. The zero-order valence-electron chi connectivity index (χ0n) is 8.08. The van der Waals surface area contributed by atoms with Crippen LogP contribution in [0.3, 0.4) is 0 Å². The summed E-state index contributed by atoms with van der Waals surface area (Å²) < 4.78 is 5.11. The molecule has 0 saturated carbocycles. The maximum atomic E-state index is 10.3. The molecule has 1 heterocycles. The summed E-state index contributed by atoms with van der Waals surface area (Å²) in [5.41, 5.74) is 0.734. The van der Waals surface area contributed by atoms with E-state index in [9.17, 15) is 4.79 Å². The Morgan fingerprint density at radius 1 is 1.62 bits per heavy atom. The van der Waals surface area contributed by atoms with Crippen molar-refractivity contribution in [3.05, 3.63) is 22.3 Å². The predicted octanol–water partition coefficient (Wildman–Crippen LogP) is 1.56. The molecule has 13 heavy (non-hydrogen) atoms. The molecule has 0 amide bonds. The quantitative estimate of drug-likeness (QED) is 0.659. The second-order valence-electron chi connectivity index (χ2n) is 2.60. The standard InChI is InChI=1S/C7H8BrNO.C2H6O/c1-9-3-2-6(5-10)7(8)4-9;1-3-2/h2,4-5H,3H2,1H3;1-2H3. The van der Waals surface area contributed by atoms with Crippen LogP contribution in [0.25, 0.3) is 0 Å². The second-order valence-corrected chi connectivity index (χ2v) is 3.46. The summed E-state index contributed by atoms with van der Waals surface area (Å²) in [4.78, 5) is 12.3. The summed E-state index contributed by atoms with van der Waals surface area (Å²) in [5, 5.41) is 0. The molecule has 0 aliphatic carbocycles. The molecular formula is C9H14BrNO2. The summed E-state index contributed by atoms with van der Waals surface area (Å²) in [6, 6.07) is 0. The molecule has 3 nitrogen and oxygen atoms in total. The molecule has 0 aromatic carbocycles. The van der Waals surface area contributed by atoms with Crippen molar-refractivity contribution in [1.29, 1.82) is 0 Å². The lowest BCUT2D eigenvalue weighted by molar-refractivity contribution is -0.104. The zero-order chi connectivity index (χ0) is 10.3. The van der Waals surface area contributed by atoms with Crippen LogP contribution >= 0.6 is 15.9 Å². The van der Waals surface area contributed by atoms with Gasteiger partial charge in [0.15, 0.2) is 6.29 Å². The Balaban J connectivity index is 0.000000424. The Kier molecular flexibility index (Phi) is 6.54. The van der Waals surface area contributed by atoms with Gasteiger partial charge in [0.05, 0.1) is 0 Å². The third kappa shape index (κ3) is 4.85. The van der Waals surface area contributed by atoms with Gasteiger partial charge in [-0.1, -0.05) is 6.08 Å². The van der Waals surface area contributed by atoms with Gasteiger partial charge in [-0.3, -0.25) is 4.79 Å². The number of aldehydes is 1. The average Bonchev–Trinajstić information content (AvgIpc) is 2.06. The highest BCUT2D eigenvalue weighted by Gasteiger charge is 2.06. The van der Waals surface area contributed by atoms with Crippen molar-refractivity contribution in [2.75, 3.05) is 27.8 Å². The Bertz CT molecular complexity index is 224. The van der Waals surface area contributed by atoms with Crippen LogP contribution < -0.4 is 0 Å². The van der Waals surface area contributed by atoms with Crippen molar-refractivity contribution in [3.8, 4) is 0 Å². The number of methoxy groups -OCH3 is 1. The first kappa shape index (κ1) is 12.4. The van der Waals surface area contributed by atoms with E-state index >= 15 is 0 Å². The molecule has 0 aromatic heterocycles. The van der Waals surface area contributed by atoms with E-state index in [4.69, 9.17) is 0 Å². The number of hydrogen-bond acceptors (Lipinski definition) is 3. The van der Waals surface area contributed by atoms with Gasteiger partial charge in [-0.25, -0.2) is 0 Å². The van der Waals surface area contributed by atoms with Gasteiger partial charge in [-0.2, -0.15) is 0 Å². The average molecular weight is 248 g/mol. The van der Waals surface area contributed by atoms with Gasteiger partial charge in [0.1, 0.15) is 0 Å². The minimum absolute atomic E-state index is 0.734. The zero-order valence-corrected chi connectivity index (χ0v) is 9.67. The van der Waals surface area contributed by atoms with E-state index in [1.807, 2.05) is 24.2 Å². The van der Waals surface area contributed by atoms with Crippen LogP contribution in [-0.4, -0.2) is 39.0 Å². The van der Waals surface area contributed by atoms with Crippen LogP contribution in [-0.2, 0) is 9.53 Å². The Morgan fingerprint density at radius 3 is 2.54 bits per heavy atom. The van der Waals surface area contributed by atoms with Gasteiger partial charge < -0.3 is 9.64 Å². The summed E-state index contributed by atoms with van der Waals surface area (Å²) in [6.07, 6.45) is 4.63. The van der Waals surface area contributed by atoms with Gasteiger partial charge in [0.25, 0.3) is 0 Å². The van der Waals surface area contributed by atoms with E-state index in [1.165, 1.54) is 0 Å². The van der Waals surface area contributed by atoms with E-state index in [-0.39, 0.29) is 0 Å². The number of likely N-dealkylation sites (N-methyl/N-ethyl adjacent to an activating group) is 1. The number of rotatable bonds is 1. The molecule has 0 bridgehead atoms. The van der Waals surface area contributed by atoms with Crippen molar-refractivity contribution in [2.45, 2.75) is 0 Å². The molecular weight excluding hydrogens is 234 g/mol. The molecule has 0 radical (unpaired) electrons. The van der Waals surface area contributed by atoms with Crippen molar-refractivity contribution >= 4 is 22.2 Å². The second kappa shape index (κ2) is 6.86. The maximum Gasteiger partial charge on any atom is 0.150 e. The minimum atomic E-state index is 0.734. The Morgan fingerprint density at radius 2 is 2.15 bits per heavy atom. The molecule has 1 rings (SSSR count). The number of halogens is 1. The number of hydrogen-bond donors (Lipinski definition) is 0.